The lowest BCUT2D eigenvalue weighted by atomic mass is 10.1. The van der Waals surface area contributed by atoms with Gasteiger partial charge >= 0.3 is 5.97 Å². The van der Waals surface area contributed by atoms with Gasteiger partial charge in [-0.3, -0.25) is 4.79 Å². The van der Waals surface area contributed by atoms with Gasteiger partial charge in [0.2, 0.25) is 0 Å². The molecule has 4 nitrogen and oxygen atoms in total. The number of carboxylic acid groups (broad SMARTS) is 1. The molecule has 0 saturated carbocycles. The first kappa shape index (κ1) is 18.1. The van der Waals surface area contributed by atoms with Crippen molar-refractivity contribution in [2.45, 2.75) is 18.9 Å². The summed E-state index contributed by atoms with van der Waals surface area (Å²) in [6.45, 7) is 0. The number of carbonyl (C=O) groups excluding carboxylic acids is 1. The number of benzene rings is 2. The lowest BCUT2D eigenvalue weighted by molar-refractivity contribution is -0.139. The van der Waals surface area contributed by atoms with Crippen LogP contribution in [0.15, 0.2) is 60.7 Å². The first-order valence-electron chi connectivity index (χ1n) is 7.87. The van der Waals surface area contributed by atoms with E-state index in [1.165, 1.54) is 5.56 Å². The first-order chi connectivity index (χ1) is 11.7. The van der Waals surface area contributed by atoms with E-state index in [9.17, 15) is 14.7 Å². The van der Waals surface area contributed by atoms with Gasteiger partial charge in [0.05, 0.1) is 0 Å². The van der Waals surface area contributed by atoms with Crippen LogP contribution in [-0.4, -0.2) is 34.5 Å². The van der Waals surface area contributed by atoms with E-state index < -0.39 is 12.0 Å². The molecular formula is C19H21NO3S. The second-order valence-corrected chi connectivity index (χ2v) is 6.59. The Morgan fingerprint density at radius 1 is 0.958 bits per heavy atom. The number of carbonyl (C=O) groups is 2. The Hall–Kier alpha value is -2.27. The van der Waals surface area contributed by atoms with E-state index >= 15 is 0 Å². The molecule has 0 aromatic heterocycles. The molecule has 0 aliphatic heterocycles. The molecule has 2 aromatic rings. The highest BCUT2D eigenvalue weighted by Gasteiger charge is 2.20. The van der Waals surface area contributed by atoms with E-state index in [0.717, 1.165) is 12.2 Å². The summed E-state index contributed by atoms with van der Waals surface area (Å²) in [6, 6.07) is 18.0. The summed E-state index contributed by atoms with van der Waals surface area (Å²) in [5, 5.41) is 11.9. The van der Waals surface area contributed by atoms with Crippen LogP contribution in [0.1, 0.15) is 22.3 Å². The fourth-order valence-corrected chi connectivity index (χ4v) is 3.21. The van der Waals surface area contributed by atoms with Crippen LogP contribution in [0.3, 0.4) is 0 Å². The summed E-state index contributed by atoms with van der Waals surface area (Å²) in [5.41, 5.74) is 1.75. The SMILES string of the molecule is O=C(N[C@@H](CCSCCc1ccccc1)C(=O)O)c1ccccc1. The van der Waals surface area contributed by atoms with Gasteiger partial charge < -0.3 is 10.4 Å². The van der Waals surface area contributed by atoms with Gasteiger partial charge in [0.25, 0.3) is 5.91 Å². The number of thioether (sulfide) groups is 1. The van der Waals surface area contributed by atoms with Crippen molar-refractivity contribution in [1.82, 2.24) is 5.32 Å². The van der Waals surface area contributed by atoms with E-state index in [-0.39, 0.29) is 5.91 Å². The Morgan fingerprint density at radius 3 is 2.21 bits per heavy atom. The largest absolute Gasteiger partial charge is 0.480 e. The second kappa shape index (κ2) is 9.78. The molecule has 2 aromatic carbocycles. The van der Waals surface area contributed by atoms with Crippen molar-refractivity contribution in [1.29, 1.82) is 0 Å². The van der Waals surface area contributed by atoms with Crippen molar-refractivity contribution in [3.05, 3.63) is 71.8 Å². The maximum Gasteiger partial charge on any atom is 0.326 e. The predicted octanol–water partition coefficient (Wildman–Crippen LogP) is 3.24. The van der Waals surface area contributed by atoms with E-state index in [1.54, 1.807) is 36.0 Å². The van der Waals surface area contributed by atoms with Crippen LogP contribution in [0.25, 0.3) is 0 Å². The molecule has 0 aliphatic rings. The van der Waals surface area contributed by atoms with Gasteiger partial charge in [0.1, 0.15) is 6.04 Å². The molecule has 126 valence electrons. The molecule has 1 amide bonds. The van der Waals surface area contributed by atoms with Crippen molar-refractivity contribution in [2.75, 3.05) is 11.5 Å². The minimum Gasteiger partial charge on any atom is -0.480 e. The number of aliphatic carboxylic acids is 1. The summed E-state index contributed by atoms with van der Waals surface area (Å²) in [7, 11) is 0. The highest BCUT2D eigenvalue weighted by Crippen LogP contribution is 2.10. The molecule has 0 bridgehead atoms. The average molecular weight is 343 g/mol. The number of hydrogen-bond acceptors (Lipinski definition) is 3. The molecule has 0 radical (unpaired) electrons. The van der Waals surface area contributed by atoms with Crippen LogP contribution in [0.4, 0.5) is 0 Å². The quantitative estimate of drug-likeness (QED) is 0.686. The summed E-state index contributed by atoms with van der Waals surface area (Å²) in [4.78, 5) is 23.4. The zero-order valence-corrected chi connectivity index (χ0v) is 14.2. The molecule has 0 unspecified atom stereocenters. The summed E-state index contributed by atoms with van der Waals surface area (Å²) >= 11 is 1.70. The number of hydrogen-bond donors (Lipinski definition) is 2. The van der Waals surface area contributed by atoms with Crippen molar-refractivity contribution >= 4 is 23.6 Å². The van der Waals surface area contributed by atoms with Crippen LogP contribution in [-0.2, 0) is 11.2 Å². The number of carboxylic acids is 1. The van der Waals surface area contributed by atoms with Gasteiger partial charge in [0, 0.05) is 5.56 Å². The van der Waals surface area contributed by atoms with Crippen molar-refractivity contribution in [3.8, 4) is 0 Å². The molecule has 24 heavy (non-hydrogen) atoms. The minimum atomic E-state index is -0.997. The molecule has 0 saturated heterocycles. The van der Waals surface area contributed by atoms with Crippen LogP contribution in [0.2, 0.25) is 0 Å². The lowest BCUT2D eigenvalue weighted by Crippen LogP contribution is -2.41. The molecule has 0 aliphatic carbocycles. The number of amides is 1. The third-order valence-electron chi connectivity index (χ3n) is 3.57. The first-order valence-corrected chi connectivity index (χ1v) is 9.02. The molecule has 5 heteroatoms. The molecule has 2 rings (SSSR count). The fourth-order valence-electron chi connectivity index (χ4n) is 2.23. The third kappa shape index (κ3) is 6.08. The van der Waals surface area contributed by atoms with Crippen molar-refractivity contribution in [2.24, 2.45) is 0 Å². The molecule has 2 N–H and O–H groups in total. The lowest BCUT2D eigenvalue weighted by Gasteiger charge is -2.14. The summed E-state index contributed by atoms with van der Waals surface area (Å²) < 4.78 is 0. The predicted molar refractivity (Wildman–Crippen MR) is 97.4 cm³/mol. The number of nitrogens with one attached hydrogen (secondary N) is 1. The van der Waals surface area contributed by atoms with E-state index in [4.69, 9.17) is 0 Å². The van der Waals surface area contributed by atoms with E-state index in [0.29, 0.717) is 17.7 Å². The van der Waals surface area contributed by atoms with Gasteiger partial charge in [-0.05, 0) is 42.0 Å². The van der Waals surface area contributed by atoms with Gasteiger partial charge in [-0.25, -0.2) is 4.79 Å². The topological polar surface area (TPSA) is 66.4 Å². The van der Waals surface area contributed by atoms with Gasteiger partial charge in [-0.15, -0.1) is 0 Å². The van der Waals surface area contributed by atoms with Crippen molar-refractivity contribution in [3.63, 3.8) is 0 Å². The fraction of sp³-hybridized carbons (Fsp3) is 0.263. The molecule has 1 atom stereocenters. The normalized spacial score (nSPS) is 11.7. The zero-order valence-electron chi connectivity index (χ0n) is 13.4. The molecule has 0 heterocycles. The number of aryl methyl sites for hydroxylation is 1. The van der Waals surface area contributed by atoms with Crippen molar-refractivity contribution < 1.29 is 14.7 Å². The highest BCUT2D eigenvalue weighted by molar-refractivity contribution is 7.99. The van der Waals surface area contributed by atoms with Crippen LogP contribution in [0.5, 0.6) is 0 Å². The molecule has 0 fully saturated rings. The Morgan fingerprint density at radius 2 is 1.58 bits per heavy atom. The summed E-state index contributed by atoms with van der Waals surface area (Å²) in [5.74, 6) is 0.280. The van der Waals surface area contributed by atoms with Gasteiger partial charge in [0.15, 0.2) is 0 Å². The smallest absolute Gasteiger partial charge is 0.326 e. The molecular weight excluding hydrogens is 322 g/mol. The van der Waals surface area contributed by atoms with Crippen LogP contribution in [0, 0.1) is 0 Å². The monoisotopic (exact) mass is 343 g/mol. The Labute approximate surface area is 146 Å². The standard InChI is InChI=1S/C19H21NO3S/c21-18(16-9-5-2-6-10-16)20-17(19(22)23)12-14-24-13-11-15-7-3-1-4-8-15/h1-10,17H,11-14H2,(H,20,21)(H,22,23)/t17-/m0/s1. The van der Waals surface area contributed by atoms with Gasteiger partial charge in [-0.1, -0.05) is 48.5 Å². The third-order valence-corrected chi connectivity index (χ3v) is 4.59. The number of rotatable bonds is 9. The van der Waals surface area contributed by atoms with Crippen LogP contribution >= 0.6 is 11.8 Å². The highest BCUT2D eigenvalue weighted by atomic mass is 32.2. The maximum absolute atomic E-state index is 12.1. The minimum absolute atomic E-state index is 0.350. The Kier molecular flexibility index (Phi) is 7.36. The average Bonchev–Trinajstić information content (AvgIpc) is 2.61. The molecule has 0 spiro atoms. The van der Waals surface area contributed by atoms with Crippen LogP contribution < -0.4 is 5.32 Å². The second-order valence-electron chi connectivity index (χ2n) is 5.37. The van der Waals surface area contributed by atoms with E-state index in [1.807, 2.05) is 24.3 Å². The Balaban J connectivity index is 1.73. The van der Waals surface area contributed by atoms with E-state index in [2.05, 4.69) is 17.4 Å². The Bertz CT molecular complexity index is 646. The summed E-state index contributed by atoms with van der Waals surface area (Å²) in [6.07, 6.45) is 1.37. The van der Waals surface area contributed by atoms with Gasteiger partial charge in [-0.2, -0.15) is 11.8 Å². The maximum atomic E-state index is 12.1. The zero-order chi connectivity index (χ0) is 17.2.